The Morgan fingerprint density at radius 1 is 0.875 bits per heavy atom. The minimum absolute atomic E-state index is 0.00360. The molecular weight excluding hydrogens is 682 g/mol. The van der Waals surface area contributed by atoms with E-state index in [2.05, 4.69) is 9.47 Å². The van der Waals surface area contributed by atoms with Gasteiger partial charge in [-0.15, -0.1) is 0 Å². The number of carbonyl (C=O) groups is 2. The number of hydrogen-bond donors (Lipinski definition) is 3. The van der Waals surface area contributed by atoms with Crippen LogP contribution in [0.4, 0.5) is 14.0 Å². The first-order chi connectivity index (χ1) is 22.8. The number of hydrogen-bond acceptors (Lipinski definition) is 19. The Morgan fingerprint density at radius 3 is 1.81 bits per heavy atom. The molecule has 0 amide bonds. The number of H-pyrrole nitrogens is 1. The largest absolute Gasteiger partial charge is 0.510 e. The number of ether oxygens (including phenoxy) is 9. The van der Waals surface area contributed by atoms with Crippen LogP contribution in [0, 0.1) is 0 Å². The number of aliphatic hydroxyl groups excluding tert-OH is 1. The molecule has 0 aliphatic rings. The van der Waals surface area contributed by atoms with Crippen LogP contribution in [0.15, 0.2) is 21.9 Å². The van der Waals surface area contributed by atoms with Gasteiger partial charge >= 0.3 is 25.8 Å². The number of aromatic nitrogens is 2. The lowest BCUT2D eigenvalue weighted by atomic mass is 9.90. The van der Waals surface area contributed by atoms with Crippen LogP contribution in [0.5, 0.6) is 0 Å². The van der Waals surface area contributed by atoms with E-state index in [0.717, 1.165) is 26.3 Å². The molecule has 0 unspecified atom stereocenters. The normalized spacial score (nSPS) is 14.8. The summed E-state index contributed by atoms with van der Waals surface area (Å²) < 4.78 is 86.9. The number of alkyl halides is 1. The Morgan fingerprint density at radius 2 is 1.38 bits per heavy atom. The van der Waals surface area contributed by atoms with E-state index < -0.39 is 75.7 Å². The van der Waals surface area contributed by atoms with Gasteiger partial charge in [-0.2, -0.15) is 0 Å². The summed E-state index contributed by atoms with van der Waals surface area (Å²) in [5, 5.41) is 22.0. The average molecular weight is 725 g/mol. The van der Waals surface area contributed by atoms with E-state index >= 15 is 0 Å². The summed E-state index contributed by atoms with van der Waals surface area (Å²) >= 11 is 0. The summed E-state index contributed by atoms with van der Waals surface area (Å²) in [6.07, 6.45) is -4.13. The molecule has 278 valence electrons. The van der Waals surface area contributed by atoms with E-state index in [1.165, 1.54) is 14.2 Å². The standard InChI is InChI=1S/C25H42FN2O19P/c1-24(34,28-6-5-19(29)27-21(28)31)20(30)25(15-26,38-4)16-45-48(35,46-17-43-22(32)41-13-11-39-9-7-36-2)47-18-44-23(33)42-14-12-40-10-8-37-3/h5-6,20,30,34H,7-18H2,1-4H3,(H,27,29,31)/t20-,24+,25+/m0/s1. The van der Waals surface area contributed by atoms with Crippen LogP contribution in [0.3, 0.4) is 0 Å². The van der Waals surface area contributed by atoms with Gasteiger partial charge in [0.15, 0.2) is 11.3 Å². The minimum Gasteiger partial charge on any atom is -0.432 e. The Labute approximate surface area is 273 Å². The van der Waals surface area contributed by atoms with Gasteiger partial charge in [-0.1, -0.05) is 0 Å². The lowest BCUT2D eigenvalue weighted by Gasteiger charge is -2.41. The molecular formula is C25H42FN2O19P. The third-order valence-electron chi connectivity index (χ3n) is 5.96. The fourth-order valence-corrected chi connectivity index (χ4v) is 4.30. The van der Waals surface area contributed by atoms with Gasteiger partial charge in [0, 0.05) is 33.6 Å². The molecule has 1 rings (SSSR count). The van der Waals surface area contributed by atoms with E-state index in [1.807, 2.05) is 4.98 Å². The monoisotopic (exact) mass is 724 g/mol. The minimum atomic E-state index is -5.02. The molecule has 0 fully saturated rings. The van der Waals surface area contributed by atoms with Crippen molar-refractivity contribution in [2.24, 2.45) is 0 Å². The second kappa shape index (κ2) is 22.6. The Kier molecular flexibility index (Phi) is 20.2. The number of nitrogens with zero attached hydrogens (tertiary/aromatic N) is 1. The molecule has 0 aliphatic carbocycles. The Balaban J connectivity index is 2.97. The number of aliphatic hydroxyl groups is 2. The fourth-order valence-electron chi connectivity index (χ4n) is 3.34. The van der Waals surface area contributed by atoms with Gasteiger partial charge < -0.3 is 52.8 Å². The van der Waals surface area contributed by atoms with Crippen molar-refractivity contribution in [2.75, 3.05) is 101 Å². The van der Waals surface area contributed by atoms with Crippen molar-refractivity contribution in [3.05, 3.63) is 33.1 Å². The average Bonchev–Trinajstić information content (AvgIpc) is 3.04. The number of nitrogens with one attached hydrogen (secondary N) is 1. The summed E-state index contributed by atoms with van der Waals surface area (Å²) in [7, 11) is -1.19. The highest BCUT2D eigenvalue weighted by Gasteiger charge is 2.51. The van der Waals surface area contributed by atoms with Crippen molar-refractivity contribution in [3.63, 3.8) is 0 Å². The maximum Gasteiger partial charge on any atom is 0.510 e. The molecule has 1 aromatic rings. The summed E-state index contributed by atoms with van der Waals surface area (Å²) in [5.41, 5.74) is -7.26. The highest BCUT2D eigenvalue weighted by Crippen LogP contribution is 2.50. The molecule has 0 aromatic carbocycles. The van der Waals surface area contributed by atoms with Crippen LogP contribution in [-0.2, 0) is 66.5 Å². The predicted molar refractivity (Wildman–Crippen MR) is 155 cm³/mol. The smallest absolute Gasteiger partial charge is 0.432 e. The van der Waals surface area contributed by atoms with Gasteiger partial charge in [-0.25, -0.2) is 32.4 Å². The zero-order valence-electron chi connectivity index (χ0n) is 26.8. The number of phosphoric ester groups is 1. The second-order valence-corrected chi connectivity index (χ2v) is 11.0. The molecule has 0 saturated heterocycles. The third-order valence-corrected chi connectivity index (χ3v) is 7.25. The van der Waals surface area contributed by atoms with Crippen molar-refractivity contribution in [1.29, 1.82) is 0 Å². The first kappa shape index (κ1) is 43.0. The quantitative estimate of drug-likeness (QED) is 0.0476. The summed E-state index contributed by atoms with van der Waals surface area (Å²) in [5.74, 6) is 0. The van der Waals surface area contributed by atoms with Gasteiger partial charge in [-0.05, 0) is 6.92 Å². The van der Waals surface area contributed by atoms with E-state index in [-0.39, 0.29) is 39.6 Å². The molecule has 0 bridgehead atoms. The van der Waals surface area contributed by atoms with Gasteiger partial charge in [0.2, 0.25) is 13.6 Å². The van der Waals surface area contributed by atoms with Crippen LogP contribution < -0.4 is 11.2 Å². The van der Waals surface area contributed by atoms with Crippen LogP contribution in [0.2, 0.25) is 0 Å². The van der Waals surface area contributed by atoms with Gasteiger partial charge in [-0.3, -0.25) is 18.9 Å². The number of carbonyl (C=O) groups excluding carboxylic acids is 2. The van der Waals surface area contributed by atoms with Crippen molar-refractivity contribution in [3.8, 4) is 0 Å². The first-order valence-electron chi connectivity index (χ1n) is 13.9. The number of rotatable bonds is 26. The van der Waals surface area contributed by atoms with Crippen molar-refractivity contribution >= 4 is 20.1 Å². The topological polar surface area (TPSA) is 257 Å². The molecule has 1 aromatic heterocycles. The third kappa shape index (κ3) is 15.0. The van der Waals surface area contributed by atoms with Crippen LogP contribution >= 0.6 is 7.82 Å². The molecule has 23 heteroatoms. The summed E-state index contributed by atoms with van der Waals surface area (Å²) in [6.45, 7) is -3.64. The number of phosphoric acid groups is 1. The molecule has 0 saturated carbocycles. The SMILES string of the molecule is COCCOCCOC(=O)OCOP(=O)(OCOC(=O)OCCOCCOC)OC[C@@](CF)(OC)[C@@H](O)[C@@](C)(O)n1ccc(=O)[nH]c1=O. The maximum absolute atomic E-state index is 14.5. The molecule has 0 spiro atoms. The van der Waals surface area contributed by atoms with E-state index in [9.17, 15) is 38.3 Å². The lowest BCUT2D eigenvalue weighted by molar-refractivity contribution is -0.228. The fraction of sp³-hybridized carbons (Fsp3) is 0.760. The first-order valence-corrected chi connectivity index (χ1v) is 15.4. The highest BCUT2D eigenvalue weighted by molar-refractivity contribution is 7.48. The van der Waals surface area contributed by atoms with E-state index in [1.54, 1.807) is 0 Å². The van der Waals surface area contributed by atoms with Crippen molar-refractivity contribution in [2.45, 2.75) is 24.4 Å². The Bertz CT molecular complexity index is 1200. The predicted octanol–water partition coefficient (Wildman–Crippen LogP) is -0.377. The lowest BCUT2D eigenvalue weighted by Crippen LogP contribution is -2.62. The van der Waals surface area contributed by atoms with Crippen molar-refractivity contribution < 1.29 is 85.0 Å². The summed E-state index contributed by atoms with van der Waals surface area (Å²) in [6, 6.07) is 0.845. The van der Waals surface area contributed by atoms with Gasteiger partial charge in [0.1, 0.15) is 26.0 Å². The zero-order chi connectivity index (χ0) is 36.1. The molecule has 3 N–H and O–H groups in total. The molecule has 3 atom stereocenters. The van der Waals surface area contributed by atoms with Crippen LogP contribution in [0.1, 0.15) is 6.92 Å². The Hall–Kier alpha value is -3.02. The molecule has 1 heterocycles. The van der Waals surface area contributed by atoms with Crippen LogP contribution in [0.25, 0.3) is 0 Å². The van der Waals surface area contributed by atoms with Gasteiger partial charge in [0.05, 0.1) is 46.2 Å². The van der Waals surface area contributed by atoms with E-state index in [0.29, 0.717) is 17.8 Å². The molecule has 0 radical (unpaired) electrons. The molecule has 21 nitrogen and oxygen atoms in total. The van der Waals surface area contributed by atoms with Gasteiger partial charge in [0.25, 0.3) is 5.56 Å². The van der Waals surface area contributed by atoms with Crippen LogP contribution in [-0.4, -0.2) is 145 Å². The van der Waals surface area contributed by atoms with E-state index in [4.69, 9.17) is 46.7 Å². The molecule has 0 aliphatic heterocycles. The maximum atomic E-state index is 14.5. The number of methoxy groups -OCH3 is 3. The second-order valence-electron chi connectivity index (χ2n) is 9.29. The summed E-state index contributed by atoms with van der Waals surface area (Å²) in [4.78, 5) is 49.2. The highest BCUT2D eigenvalue weighted by atomic mass is 31.2. The van der Waals surface area contributed by atoms with Crippen molar-refractivity contribution in [1.82, 2.24) is 9.55 Å². The number of aromatic amines is 1. The molecule has 48 heavy (non-hydrogen) atoms. The number of halogens is 1. The zero-order valence-corrected chi connectivity index (χ0v) is 27.7.